The van der Waals surface area contributed by atoms with Gasteiger partial charge in [0.15, 0.2) is 11.6 Å². The maximum atomic E-state index is 11.3. The number of benzene rings is 1. The van der Waals surface area contributed by atoms with Crippen LogP contribution in [-0.2, 0) is 11.3 Å². The van der Waals surface area contributed by atoms with Crippen LogP contribution in [0.2, 0.25) is 0 Å². The van der Waals surface area contributed by atoms with Crippen molar-refractivity contribution in [3.05, 3.63) is 47.0 Å². The standard InChI is InChI=1S/C17H23N5O2/c1-11(2)16-19-17(21-20-16)14-10-22(6-7-24-14)9-12-4-3-5-13(8-12)15(18)23/h3-5,8,11,14H,6-7,9-10H2,1-2H3,(H2,18,23)(H,19,20,21)/t14-/m0/s1. The van der Waals surface area contributed by atoms with E-state index in [9.17, 15) is 4.79 Å². The van der Waals surface area contributed by atoms with Gasteiger partial charge in [-0.15, -0.1) is 0 Å². The Bertz CT molecular complexity index is 713. The molecular weight excluding hydrogens is 306 g/mol. The first-order chi connectivity index (χ1) is 11.5. The van der Waals surface area contributed by atoms with Crippen molar-refractivity contribution >= 4 is 5.91 Å². The van der Waals surface area contributed by atoms with E-state index in [0.29, 0.717) is 12.2 Å². The van der Waals surface area contributed by atoms with Gasteiger partial charge in [-0.2, -0.15) is 5.10 Å². The molecule has 0 saturated carbocycles. The molecule has 1 aliphatic heterocycles. The van der Waals surface area contributed by atoms with Gasteiger partial charge in [0.1, 0.15) is 6.10 Å². The highest BCUT2D eigenvalue weighted by molar-refractivity contribution is 5.92. The zero-order valence-electron chi connectivity index (χ0n) is 14.0. The molecule has 1 amide bonds. The topological polar surface area (TPSA) is 97.1 Å². The number of primary amides is 1. The molecule has 2 heterocycles. The number of H-pyrrole nitrogens is 1. The van der Waals surface area contributed by atoms with Gasteiger partial charge in [0.25, 0.3) is 0 Å². The van der Waals surface area contributed by atoms with Crippen LogP contribution in [0.3, 0.4) is 0 Å². The van der Waals surface area contributed by atoms with E-state index in [-0.39, 0.29) is 12.0 Å². The lowest BCUT2D eigenvalue weighted by atomic mass is 10.1. The summed E-state index contributed by atoms with van der Waals surface area (Å²) in [4.78, 5) is 18.1. The van der Waals surface area contributed by atoms with Gasteiger partial charge in [0.2, 0.25) is 5.91 Å². The number of rotatable bonds is 5. The third-order valence-electron chi connectivity index (χ3n) is 4.11. The maximum Gasteiger partial charge on any atom is 0.248 e. The number of nitrogens with two attached hydrogens (primary N) is 1. The highest BCUT2D eigenvalue weighted by atomic mass is 16.5. The van der Waals surface area contributed by atoms with E-state index in [4.69, 9.17) is 10.5 Å². The zero-order valence-corrected chi connectivity index (χ0v) is 14.0. The normalized spacial score (nSPS) is 18.9. The van der Waals surface area contributed by atoms with Gasteiger partial charge in [-0.05, 0) is 17.7 Å². The van der Waals surface area contributed by atoms with Crippen LogP contribution in [0.4, 0.5) is 0 Å². The molecule has 0 unspecified atom stereocenters. The Balaban J connectivity index is 1.67. The predicted molar refractivity (Wildman–Crippen MR) is 89.4 cm³/mol. The fourth-order valence-electron chi connectivity index (χ4n) is 2.78. The summed E-state index contributed by atoms with van der Waals surface area (Å²) in [5.74, 6) is 1.46. The van der Waals surface area contributed by atoms with Crippen LogP contribution >= 0.6 is 0 Å². The number of nitrogens with one attached hydrogen (secondary N) is 1. The SMILES string of the molecule is CC(C)c1n[nH]c([C@@H]2CN(Cc3cccc(C(N)=O)c3)CCO2)n1. The molecule has 3 N–H and O–H groups in total. The average Bonchev–Trinajstić information content (AvgIpc) is 3.06. The van der Waals surface area contributed by atoms with Crippen LogP contribution in [0, 0.1) is 0 Å². The third-order valence-corrected chi connectivity index (χ3v) is 4.11. The van der Waals surface area contributed by atoms with Crippen molar-refractivity contribution in [3.8, 4) is 0 Å². The van der Waals surface area contributed by atoms with Crippen molar-refractivity contribution in [2.45, 2.75) is 32.4 Å². The van der Waals surface area contributed by atoms with Crippen molar-refractivity contribution in [3.63, 3.8) is 0 Å². The summed E-state index contributed by atoms with van der Waals surface area (Å²) >= 11 is 0. The lowest BCUT2D eigenvalue weighted by Crippen LogP contribution is -2.38. The number of hydrogen-bond donors (Lipinski definition) is 2. The molecule has 0 bridgehead atoms. The minimum atomic E-state index is -0.403. The molecule has 24 heavy (non-hydrogen) atoms. The fourth-order valence-corrected chi connectivity index (χ4v) is 2.78. The number of morpholine rings is 1. The number of hydrogen-bond acceptors (Lipinski definition) is 5. The average molecular weight is 329 g/mol. The molecule has 7 heteroatoms. The Kier molecular flexibility index (Phi) is 4.92. The minimum Gasteiger partial charge on any atom is -0.368 e. The lowest BCUT2D eigenvalue weighted by Gasteiger charge is -2.31. The largest absolute Gasteiger partial charge is 0.368 e. The maximum absolute atomic E-state index is 11.3. The Morgan fingerprint density at radius 1 is 1.50 bits per heavy atom. The number of aromatic nitrogens is 3. The van der Waals surface area contributed by atoms with Crippen molar-refractivity contribution in [2.75, 3.05) is 19.7 Å². The number of amides is 1. The Hall–Kier alpha value is -2.25. The van der Waals surface area contributed by atoms with E-state index in [0.717, 1.165) is 36.8 Å². The van der Waals surface area contributed by atoms with Crippen molar-refractivity contribution in [1.29, 1.82) is 0 Å². The van der Waals surface area contributed by atoms with E-state index in [1.54, 1.807) is 6.07 Å². The van der Waals surface area contributed by atoms with Gasteiger partial charge in [-0.3, -0.25) is 14.8 Å². The molecular formula is C17H23N5O2. The first-order valence-corrected chi connectivity index (χ1v) is 8.18. The number of carbonyl (C=O) groups is 1. The monoisotopic (exact) mass is 329 g/mol. The molecule has 1 fully saturated rings. The molecule has 7 nitrogen and oxygen atoms in total. The summed E-state index contributed by atoms with van der Waals surface area (Å²) < 4.78 is 5.84. The number of carbonyl (C=O) groups excluding carboxylic acids is 1. The highest BCUT2D eigenvalue weighted by Gasteiger charge is 2.25. The van der Waals surface area contributed by atoms with E-state index in [2.05, 4.69) is 33.9 Å². The third kappa shape index (κ3) is 3.80. The minimum absolute atomic E-state index is 0.113. The quantitative estimate of drug-likeness (QED) is 0.868. The molecule has 1 saturated heterocycles. The molecule has 0 aliphatic carbocycles. The molecule has 3 rings (SSSR count). The van der Waals surface area contributed by atoms with Gasteiger partial charge in [-0.25, -0.2) is 4.98 Å². The summed E-state index contributed by atoms with van der Waals surface area (Å²) in [6.07, 6.45) is -0.113. The first-order valence-electron chi connectivity index (χ1n) is 8.18. The smallest absolute Gasteiger partial charge is 0.248 e. The van der Waals surface area contributed by atoms with Crippen LogP contribution in [0.25, 0.3) is 0 Å². The van der Waals surface area contributed by atoms with Crippen molar-refractivity contribution in [1.82, 2.24) is 20.1 Å². The summed E-state index contributed by atoms with van der Waals surface area (Å²) in [7, 11) is 0. The zero-order chi connectivity index (χ0) is 17.1. The van der Waals surface area contributed by atoms with Crippen LogP contribution in [-0.4, -0.2) is 45.7 Å². The molecule has 128 valence electrons. The molecule has 0 spiro atoms. The van der Waals surface area contributed by atoms with Crippen molar-refractivity contribution < 1.29 is 9.53 Å². The van der Waals surface area contributed by atoms with E-state index < -0.39 is 5.91 Å². The van der Waals surface area contributed by atoms with Gasteiger partial charge >= 0.3 is 0 Å². The first kappa shape index (κ1) is 16.6. The Morgan fingerprint density at radius 2 is 2.33 bits per heavy atom. The molecule has 2 aromatic rings. The van der Waals surface area contributed by atoms with Crippen LogP contribution < -0.4 is 5.73 Å². The fraction of sp³-hybridized carbons (Fsp3) is 0.471. The van der Waals surface area contributed by atoms with E-state index >= 15 is 0 Å². The van der Waals surface area contributed by atoms with E-state index in [1.165, 1.54) is 0 Å². The van der Waals surface area contributed by atoms with Crippen LogP contribution in [0.5, 0.6) is 0 Å². The van der Waals surface area contributed by atoms with Crippen LogP contribution in [0.15, 0.2) is 24.3 Å². The Morgan fingerprint density at radius 3 is 3.04 bits per heavy atom. The van der Waals surface area contributed by atoms with Gasteiger partial charge < -0.3 is 10.5 Å². The molecule has 1 aromatic heterocycles. The number of ether oxygens (including phenoxy) is 1. The van der Waals surface area contributed by atoms with Gasteiger partial charge in [0, 0.05) is 31.1 Å². The van der Waals surface area contributed by atoms with Crippen LogP contribution in [0.1, 0.15) is 53.4 Å². The highest BCUT2D eigenvalue weighted by Crippen LogP contribution is 2.22. The molecule has 1 atom stereocenters. The summed E-state index contributed by atoms with van der Waals surface area (Å²) in [6.45, 7) is 7.07. The second-order valence-corrected chi connectivity index (χ2v) is 6.39. The van der Waals surface area contributed by atoms with E-state index in [1.807, 2.05) is 18.2 Å². The summed E-state index contributed by atoms with van der Waals surface area (Å²) in [6, 6.07) is 7.44. The summed E-state index contributed by atoms with van der Waals surface area (Å²) in [5.41, 5.74) is 6.95. The predicted octanol–water partition coefficient (Wildman–Crippen LogP) is 1.60. The second kappa shape index (κ2) is 7.11. The molecule has 1 aromatic carbocycles. The lowest BCUT2D eigenvalue weighted by molar-refractivity contribution is -0.0370. The second-order valence-electron chi connectivity index (χ2n) is 6.39. The Labute approximate surface area is 141 Å². The van der Waals surface area contributed by atoms with Gasteiger partial charge in [0.05, 0.1) is 6.61 Å². The molecule has 0 radical (unpaired) electrons. The van der Waals surface area contributed by atoms with Gasteiger partial charge in [-0.1, -0.05) is 26.0 Å². The summed E-state index contributed by atoms with van der Waals surface area (Å²) in [5, 5.41) is 7.24. The number of nitrogens with zero attached hydrogens (tertiary/aromatic N) is 3. The molecule has 1 aliphatic rings. The number of aromatic amines is 1. The van der Waals surface area contributed by atoms with Crippen molar-refractivity contribution in [2.24, 2.45) is 5.73 Å².